The molecule has 3 aromatic rings. The molecular formula is C29H33F4N5. The molecule has 2 aliphatic rings. The summed E-state index contributed by atoms with van der Waals surface area (Å²) >= 11 is 0. The second kappa shape index (κ2) is 11.3. The van der Waals surface area contributed by atoms with Gasteiger partial charge in [-0.1, -0.05) is 6.92 Å². The molecule has 1 aromatic carbocycles. The topological polar surface area (TPSA) is 58.3 Å². The predicted molar refractivity (Wildman–Crippen MR) is 142 cm³/mol. The van der Waals surface area contributed by atoms with Gasteiger partial charge in [-0.25, -0.2) is 22.5 Å². The predicted octanol–water partition coefficient (Wildman–Crippen LogP) is 5.46. The summed E-state index contributed by atoms with van der Waals surface area (Å²) < 4.78 is 58.9. The number of pyridine rings is 2. The molecule has 2 aromatic heterocycles. The third-order valence-corrected chi connectivity index (χ3v) is 7.46. The fourth-order valence-corrected chi connectivity index (χ4v) is 5.71. The van der Waals surface area contributed by atoms with Gasteiger partial charge in [0.05, 0.1) is 5.56 Å². The van der Waals surface area contributed by atoms with E-state index in [-0.39, 0.29) is 24.0 Å². The Hall–Kier alpha value is -3.20. The van der Waals surface area contributed by atoms with Crippen molar-refractivity contribution in [1.29, 1.82) is 0 Å². The lowest BCUT2D eigenvalue weighted by molar-refractivity contribution is 0.286. The van der Waals surface area contributed by atoms with Crippen LogP contribution in [0.3, 0.4) is 0 Å². The number of hydrogen-bond donors (Lipinski definition) is 1. The van der Waals surface area contributed by atoms with Crippen LogP contribution in [-0.4, -0.2) is 48.4 Å². The quantitative estimate of drug-likeness (QED) is 0.432. The Labute approximate surface area is 220 Å². The summed E-state index contributed by atoms with van der Waals surface area (Å²) in [5.74, 6) is -2.17. The first kappa shape index (κ1) is 26.4. The molecule has 0 amide bonds. The number of aryl methyl sites for hydroxylation is 2. The third-order valence-electron chi connectivity index (χ3n) is 7.46. The lowest BCUT2D eigenvalue weighted by atomic mass is 9.95. The van der Waals surface area contributed by atoms with Gasteiger partial charge in [-0.2, -0.15) is 0 Å². The largest absolute Gasteiger partial charge is 0.369 e. The van der Waals surface area contributed by atoms with Crippen LogP contribution in [0.15, 0.2) is 42.7 Å². The molecule has 5 rings (SSSR count). The third kappa shape index (κ3) is 5.77. The number of anilines is 2. The Balaban J connectivity index is 1.37. The van der Waals surface area contributed by atoms with E-state index in [0.717, 1.165) is 42.9 Å². The van der Waals surface area contributed by atoms with Crippen molar-refractivity contribution in [3.8, 4) is 11.3 Å². The summed E-state index contributed by atoms with van der Waals surface area (Å²) in [7, 11) is 0. The van der Waals surface area contributed by atoms with Gasteiger partial charge in [0.1, 0.15) is 29.3 Å². The number of alkyl halides is 1. The van der Waals surface area contributed by atoms with Crippen LogP contribution in [0.25, 0.3) is 11.3 Å². The molecule has 2 N–H and O–H groups in total. The van der Waals surface area contributed by atoms with Crippen molar-refractivity contribution in [1.82, 2.24) is 9.97 Å². The maximum absolute atomic E-state index is 15.1. The highest BCUT2D eigenvalue weighted by Gasteiger charge is 2.25. The van der Waals surface area contributed by atoms with Crippen LogP contribution in [-0.2, 0) is 12.8 Å². The standard InChI is InChI=1S/C29H33F4N5/c1-18-11-21(34)17-38(15-18)27-8-9-35-14-19(27)4-5-22-6-7-24(31)29(36-22)28-25(32)12-23(13-26(28)33)37-10-2-3-20(30)16-37/h6-9,12-14,18,20-21H,2-5,10-11,15-17,34H2,1H3/t18-,20?,21+/m1/s1. The second-order valence-corrected chi connectivity index (χ2v) is 10.6. The van der Waals surface area contributed by atoms with Gasteiger partial charge in [-0.05, 0) is 73.9 Å². The minimum Gasteiger partial charge on any atom is -0.369 e. The van der Waals surface area contributed by atoms with Crippen molar-refractivity contribution in [2.45, 2.75) is 51.2 Å². The molecule has 2 fully saturated rings. The van der Waals surface area contributed by atoms with Crippen LogP contribution in [0.2, 0.25) is 0 Å². The van der Waals surface area contributed by atoms with Gasteiger partial charge in [0.25, 0.3) is 0 Å². The molecule has 1 unspecified atom stereocenters. The van der Waals surface area contributed by atoms with Gasteiger partial charge >= 0.3 is 0 Å². The summed E-state index contributed by atoms with van der Waals surface area (Å²) in [6.45, 7) is 4.45. The average molecular weight is 528 g/mol. The maximum Gasteiger partial charge on any atom is 0.149 e. The smallest absolute Gasteiger partial charge is 0.149 e. The zero-order valence-electron chi connectivity index (χ0n) is 21.5. The first-order valence-electron chi connectivity index (χ1n) is 13.3. The van der Waals surface area contributed by atoms with Crippen LogP contribution in [0.5, 0.6) is 0 Å². The average Bonchev–Trinajstić information content (AvgIpc) is 2.88. The number of nitrogens with zero attached hydrogens (tertiary/aromatic N) is 4. The molecule has 38 heavy (non-hydrogen) atoms. The molecule has 3 atom stereocenters. The van der Waals surface area contributed by atoms with Crippen molar-refractivity contribution >= 4 is 11.4 Å². The number of rotatable bonds is 6. The summed E-state index contributed by atoms with van der Waals surface area (Å²) in [6, 6.07) is 7.08. The molecule has 5 nitrogen and oxygen atoms in total. The minimum absolute atomic E-state index is 0.0823. The van der Waals surface area contributed by atoms with E-state index in [1.807, 2.05) is 12.3 Å². The molecular weight excluding hydrogens is 494 g/mol. The fourth-order valence-electron chi connectivity index (χ4n) is 5.71. The normalized spacial score (nSPS) is 22.1. The zero-order chi connectivity index (χ0) is 26.8. The van der Waals surface area contributed by atoms with Gasteiger partial charge in [-0.3, -0.25) is 4.98 Å². The summed E-state index contributed by atoms with van der Waals surface area (Å²) in [4.78, 5) is 12.5. The molecule has 2 saturated heterocycles. The van der Waals surface area contributed by atoms with Crippen molar-refractivity contribution in [3.63, 3.8) is 0 Å². The first-order chi connectivity index (χ1) is 18.3. The summed E-state index contributed by atoms with van der Waals surface area (Å²) in [6.07, 6.45) is 5.57. The van der Waals surface area contributed by atoms with Gasteiger partial charge in [-0.15, -0.1) is 0 Å². The number of benzene rings is 1. The van der Waals surface area contributed by atoms with Crippen molar-refractivity contribution in [3.05, 3.63) is 71.4 Å². The molecule has 0 saturated carbocycles. The van der Waals surface area contributed by atoms with Crippen molar-refractivity contribution in [2.24, 2.45) is 11.7 Å². The van der Waals surface area contributed by atoms with Gasteiger partial charge in [0, 0.05) is 61.7 Å². The molecule has 0 spiro atoms. The minimum atomic E-state index is -1.04. The van der Waals surface area contributed by atoms with Crippen LogP contribution >= 0.6 is 0 Å². The summed E-state index contributed by atoms with van der Waals surface area (Å²) in [5, 5.41) is 0. The van der Waals surface area contributed by atoms with E-state index >= 15 is 8.78 Å². The zero-order valence-corrected chi connectivity index (χ0v) is 21.5. The number of halogens is 4. The van der Waals surface area contributed by atoms with E-state index in [1.54, 1.807) is 11.1 Å². The van der Waals surface area contributed by atoms with E-state index in [9.17, 15) is 8.78 Å². The van der Waals surface area contributed by atoms with Crippen molar-refractivity contribution in [2.75, 3.05) is 36.0 Å². The highest BCUT2D eigenvalue weighted by molar-refractivity contribution is 5.66. The van der Waals surface area contributed by atoms with E-state index < -0.39 is 29.2 Å². The Bertz CT molecular complexity index is 1250. The maximum atomic E-state index is 15.1. The monoisotopic (exact) mass is 527 g/mol. The molecule has 0 bridgehead atoms. The first-order valence-corrected chi connectivity index (χ1v) is 13.3. The number of nitrogens with two attached hydrogens (primary N) is 1. The van der Waals surface area contributed by atoms with E-state index in [0.29, 0.717) is 43.8 Å². The highest BCUT2D eigenvalue weighted by Crippen LogP contribution is 2.33. The second-order valence-electron chi connectivity index (χ2n) is 10.6. The fraction of sp³-hybridized carbons (Fsp3) is 0.448. The van der Waals surface area contributed by atoms with Gasteiger partial charge < -0.3 is 15.5 Å². The molecule has 4 heterocycles. The van der Waals surface area contributed by atoms with Crippen molar-refractivity contribution < 1.29 is 17.6 Å². The van der Waals surface area contributed by atoms with E-state index in [2.05, 4.69) is 21.8 Å². The molecule has 9 heteroatoms. The van der Waals surface area contributed by atoms with Crippen LogP contribution < -0.4 is 15.5 Å². The number of aromatic nitrogens is 2. The highest BCUT2D eigenvalue weighted by atomic mass is 19.1. The van der Waals surface area contributed by atoms with Crippen LogP contribution in [0.1, 0.15) is 37.4 Å². The molecule has 202 valence electrons. The Morgan fingerprint density at radius 3 is 2.50 bits per heavy atom. The number of hydrogen-bond acceptors (Lipinski definition) is 5. The Morgan fingerprint density at radius 1 is 0.974 bits per heavy atom. The Morgan fingerprint density at radius 2 is 1.76 bits per heavy atom. The SMILES string of the molecule is C[C@@H]1C[C@H](N)CN(c2ccncc2CCc2ccc(F)c(-c3c(F)cc(N4CCCC(F)C4)cc3F)n2)C1. The molecule has 0 radical (unpaired) electrons. The van der Waals surface area contributed by atoms with Gasteiger partial charge in [0.15, 0.2) is 0 Å². The molecule has 0 aliphatic carbocycles. The Kier molecular flexibility index (Phi) is 7.83. The van der Waals surface area contributed by atoms with E-state index in [1.165, 1.54) is 12.1 Å². The molecule has 2 aliphatic heterocycles. The summed E-state index contributed by atoms with van der Waals surface area (Å²) in [5.41, 5.74) is 8.20. The van der Waals surface area contributed by atoms with Gasteiger partial charge in [0.2, 0.25) is 0 Å². The lowest BCUT2D eigenvalue weighted by Crippen LogP contribution is -2.46. The van der Waals surface area contributed by atoms with E-state index in [4.69, 9.17) is 5.73 Å². The van der Waals surface area contributed by atoms with Crippen LogP contribution in [0, 0.1) is 23.4 Å². The van der Waals surface area contributed by atoms with Crippen LogP contribution in [0.4, 0.5) is 28.9 Å². The lowest BCUT2D eigenvalue weighted by Gasteiger charge is -2.37. The number of piperidine rings is 2.